The number of anilines is 1. The van der Waals surface area contributed by atoms with Crippen LogP contribution >= 0.6 is 0 Å². The summed E-state index contributed by atoms with van der Waals surface area (Å²) >= 11 is 0. The van der Waals surface area contributed by atoms with Crippen molar-refractivity contribution in [2.24, 2.45) is 0 Å². The van der Waals surface area contributed by atoms with Crippen molar-refractivity contribution in [3.05, 3.63) is 5.89 Å². The Bertz CT molecular complexity index is 516. The number of nitrogens with one attached hydrogen (secondary N) is 1. The number of aliphatic carboxylic acids is 1. The van der Waals surface area contributed by atoms with Gasteiger partial charge >= 0.3 is 12.0 Å². The lowest BCUT2D eigenvalue weighted by Gasteiger charge is -2.31. The number of rotatable bonds is 5. The van der Waals surface area contributed by atoms with Crippen LogP contribution in [0.1, 0.15) is 25.7 Å². The maximum atomic E-state index is 11.9. The summed E-state index contributed by atoms with van der Waals surface area (Å²) in [5, 5.41) is 19.1. The molecule has 1 aliphatic heterocycles. The van der Waals surface area contributed by atoms with Crippen LogP contribution < -0.4 is 5.32 Å². The first-order chi connectivity index (χ1) is 9.97. The molecular weight excluding hydrogens is 280 g/mol. The van der Waals surface area contributed by atoms with Crippen molar-refractivity contribution >= 4 is 17.9 Å². The molecule has 1 amide bonds. The van der Waals surface area contributed by atoms with E-state index >= 15 is 0 Å². The minimum absolute atomic E-state index is 0.0174. The van der Waals surface area contributed by atoms with Gasteiger partial charge < -0.3 is 14.3 Å². The monoisotopic (exact) mass is 298 g/mol. The van der Waals surface area contributed by atoms with E-state index in [1.165, 1.54) is 0 Å². The molecule has 1 aromatic heterocycles. The van der Waals surface area contributed by atoms with Crippen LogP contribution in [0.5, 0.6) is 0 Å². The summed E-state index contributed by atoms with van der Waals surface area (Å²) in [4.78, 5) is 24.5. The number of nitrogens with zero attached hydrogens (tertiary/aromatic N) is 3. The summed E-state index contributed by atoms with van der Waals surface area (Å²) in [5.74, 6) is -0.914. The first kappa shape index (κ1) is 15.4. The molecule has 1 aromatic rings. The largest absolute Gasteiger partial charge is 0.480 e. The van der Waals surface area contributed by atoms with E-state index in [2.05, 4.69) is 15.5 Å². The molecule has 1 aliphatic rings. The molecule has 9 nitrogen and oxygen atoms in total. The predicted octanol–water partition coefficient (Wildman–Crippen LogP) is -0.0831. The number of carbonyl (C=O) groups excluding carboxylic acids is 1. The Morgan fingerprint density at radius 1 is 1.48 bits per heavy atom. The van der Waals surface area contributed by atoms with Gasteiger partial charge in [-0.3, -0.25) is 19.8 Å². The molecule has 21 heavy (non-hydrogen) atoms. The molecular formula is C12H18N4O5. The van der Waals surface area contributed by atoms with Crippen molar-refractivity contribution in [3.8, 4) is 0 Å². The van der Waals surface area contributed by atoms with Gasteiger partial charge in [-0.15, -0.1) is 5.10 Å². The SMILES string of the molecule is CC(C)c1nnc(NC(=O)CN2CCOCC2C(=O)O)o1. The van der Waals surface area contributed by atoms with Crippen molar-refractivity contribution in [2.75, 3.05) is 31.6 Å². The summed E-state index contributed by atoms with van der Waals surface area (Å²) < 4.78 is 10.4. The van der Waals surface area contributed by atoms with Gasteiger partial charge in [0.05, 0.1) is 19.8 Å². The lowest BCUT2D eigenvalue weighted by molar-refractivity contribution is -0.150. The predicted molar refractivity (Wildman–Crippen MR) is 70.8 cm³/mol. The smallest absolute Gasteiger partial charge is 0.323 e. The molecule has 0 aliphatic carbocycles. The number of hydrogen-bond donors (Lipinski definition) is 2. The van der Waals surface area contributed by atoms with Crippen molar-refractivity contribution < 1.29 is 23.8 Å². The second-order valence-electron chi connectivity index (χ2n) is 5.05. The van der Waals surface area contributed by atoms with Crippen LogP contribution in [0.2, 0.25) is 0 Å². The highest BCUT2D eigenvalue weighted by Crippen LogP contribution is 2.15. The van der Waals surface area contributed by atoms with E-state index in [4.69, 9.17) is 14.3 Å². The van der Waals surface area contributed by atoms with E-state index in [0.717, 1.165) is 0 Å². The quantitative estimate of drug-likeness (QED) is 0.774. The Labute approximate surface area is 121 Å². The third-order valence-electron chi connectivity index (χ3n) is 3.05. The van der Waals surface area contributed by atoms with E-state index in [-0.39, 0.29) is 25.1 Å². The zero-order chi connectivity index (χ0) is 15.4. The van der Waals surface area contributed by atoms with Gasteiger partial charge in [-0.1, -0.05) is 18.9 Å². The van der Waals surface area contributed by atoms with Gasteiger partial charge in [0, 0.05) is 12.5 Å². The van der Waals surface area contributed by atoms with E-state index in [1.54, 1.807) is 4.90 Å². The highest BCUT2D eigenvalue weighted by atomic mass is 16.5. The van der Waals surface area contributed by atoms with Crippen molar-refractivity contribution in [2.45, 2.75) is 25.8 Å². The molecule has 0 bridgehead atoms. The highest BCUT2D eigenvalue weighted by Gasteiger charge is 2.30. The summed E-state index contributed by atoms with van der Waals surface area (Å²) in [7, 11) is 0. The van der Waals surface area contributed by atoms with Crippen LogP contribution in [0, 0.1) is 0 Å². The fourth-order valence-electron chi connectivity index (χ4n) is 1.92. The molecule has 2 heterocycles. The topological polar surface area (TPSA) is 118 Å². The maximum Gasteiger partial charge on any atom is 0.323 e. The van der Waals surface area contributed by atoms with E-state index in [0.29, 0.717) is 19.0 Å². The van der Waals surface area contributed by atoms with Gasteiger partial charge in [-0.05, 0) is 0 Å². The van der Waals surface area contributed by atoms with E-state index < -0.39 is 17.9 Å². The first-order valence-electron chi connectivity index (χ1n) is 6.65. The Hall–Kier alpha value is -2.00. The molecule has 0 spiro atoms. The number of carbonyl (C=O) groups is 2. The zero-order valence-electron chi connectivity index (χ0n) is 11.9. The Morgan fingerprint density at radius 2 is 2.24 bits per heavy atom. The summed E-state index contributed by atoms with van der Waals surface area (Å²) in [6.07, 6.45) is 0. The van der Waals surface area contributed by atoms with Gasteiger partial charge in [0.25, 0.3) is 0 Å². The minimum atomic E-state index is -1.01. The molecule has 1 fully saturated rings. The molecule has 2 rings (SSSR count). The number of carboxylic acid groups (broad SMARTS) is 1. The highest BCUT2D eigenvalue weighted by molar-refractivity contribution is 5.90. The third kappa shape index (κ3) is 3.99. The normalized spacial score (nSPS) is 19.7. The van der Waals surface area contributed by atoms with Crippen LogP contribution in [0.3, 0.4) is 0 Å². The van der Waals surface area contributed by atoms with Crippen LogP contribution in [0.25, 0.3) is 0 Å². The summed E-state index contributed by atoms with van der Waals surface area (Å²) in [5.41, 5.74) is 0. The number of carboxylic acids is 1. The minimum Gasteiger partial charge on any atom is -0.480 e. The van der Waals surface area contributed by atoms with Gasteiger partial charge in [-0.25, -0.2) is 0 Å². The fourth-order valence-corrected chi connectivity index (χ4v) is 1.92. The zero-order valence-corrected chi connectivity index (χ0v) is 11.9. The molecule has 0 aromatic carbocycles. The molecule has 9 heteroatoms. The molecule has 2 N–H and O–H groups in total. The molecule has 1 atom stereocenters. The maximum absolute atomic E-state index is 11.9. The number of morpholine rings is 1. The average Bonchev–Trinajstić information content (AvgIpc) is 2.87. The molecule has 116 valence electrons. The van der Waals surface area contributed by atoms with E-state index in [1.807, 2.05) is 13.8 Å². The lowest BCUT2D eigenvalue weighted by atomic mass is 10.2. The van der Waals surface area contributed by atoms with Gasteiger partial charge in [-0.2, -0.15) is 0 Å². The number of hydrogen-bond acceptors (Lipinski definition) is 7. The van der Waals surface area contributed by atoms with Crippen molar-refractivity contribution in [1.82, 2.24) is 15.1 Å². The van der Waals surface area contributed by atoms with Crippen LogP contribution in [0.15, 0.2) is 4.42 Å². The number of aromatic nitrogens is 2. The molecule has 0 saturated carbocycles. The van der Waals surface area contributed by atoms with Crippen LogP contribution in [-0.2, 0) is 14.3 Å². The van der Waals surface area contributed by atoms with Crippen LogP contribution in [0.4, 0.5) is 6.01 Å². The molecule has 0 radical (unpaired) electrons. The lowest BCUT2D eigenvalue weighted by Crippen LogP contribution is -2.52. The van der Waals surface area contributed by atoms with Gasteiger partial charge in [0.15, 0.2) is 0 Å². The third-order valence-corrected chi connectivity index (χ3v) is 3.05. The van der Waals surface area contributed by atoms with Crippen molar-refractivity contribution in [3.63, 3.8) is 0 Å². The van der Waals surface area contributed by atoms with Crippen molar-refractivity contribution in [1.29, 1.82) is 0 Å². The number of amides is 1. The second kappa shape index (κ2) is 6.64. The first-order valence-corrected chi connectivity index (χ1v) is 6.65. The Kier molecular flexibility index (Phi) is 4.86. The number of ether oxygens (including phenoxy) is 1. The van der Waals surface area contributed by atoms with E-state index in [9.17, 15) is 9.59 Å². The summed E-state index contributed by atoms with van der Waals surface area (Å²) in [6, 6.07) is -0.803. The molecule has 1 saturated heterocycles. The average molecular weight is 298 g/mol. The summed E-state index contributed by atoms with van der Waals surface area (Å²) in [6.45, 7) is 4.57. The second-order valence-corrected chi connectivity index (χ2v) is 5.05. The standard InChI is InChI=1S/C12H18N4O5/c1-7(2)10-14-15-12(21-10)13-9(17)5-16-3-4-20-6-8(16)11(18)19/h7-8H,3-6H2,1-2H3,(H,18,19)(H,13,15,17). The fraction of sp³-hybridized carbons (Fsp3) is 0.667. The molecule has 1 unspecified atom stereocenters. The Morgan fingerprint density at radius 3 is 2.86 bits per heavy atom. The Balaban J connectivity index is 1.92. The van der Waals surface area contributed by atoms with Gasteiger partial charge in [0.2, 0.25) is 11.8 Å². The van der Waals surface area contributed by atoms with Crippen LogP contribution in [-0.4, -0.2) is 64.4 Å². The van der Waals surface area contributed by atoms with Gasteiger partial charge in [0.1, 0.15) is 6.04 Å².